The topological polar surface area (TPSA) is 100 Å². The first kappa shape index (κ1) is 19.9. The molecule has 0 bridgehead atoms. The SMILES string of the molecule is O=C(N=Nc1ccc(OC(F)(F)F)cc1)NC(Cc1ccccc1)C(=O)O. The predicted octanol–water partition coefficient (Wildman–Crippen LogP) is 4.07. The van der Waals surface area contributed by atoms with Crippen LogP contribution in [-0.2, 0) is 11.2 Å². The lowest BCUT2D eigenvalue weighted by Crippen LogP contribution is -2.40. The van der Waals surface area contributed by atoms with E-state index in [2.05, 4.69) is 20.3 Å². The van der Waals surface area contributed by atoms with Gasteiger partial charge in [-0.25, -0.2) is 9.59 Å². The summed E-state index contributed by atoms with van der Waals surface area (Å²) in [6.45, 7) is 0. The summed E-state index contributed by atoms with van der Waals surface area (Å²) >= 11 is 0. The average Bonchev–Trinajstić information content (AvgIpc) is 2.60. The van der Waals surface area contributed by atoms with Crippen LogP contribution in [0.4, 0.5) is 23.7 Å². The molecule has 0 spiro atoms. The minimum absolute atomic E-state index is 0.0565. The highest BCUT2D eigenvalue weighted by atomic mass is 19.4. The first-order valence-corrected chi connectivity index (χ1v) is 7.58. The van der Waals surface area contributed by atoms with Crippen molar-refractivity contribution < 1.29 is 32.6 Å². The Bertz CT molecular complexity index is 808. The van der Waals surface area contributed by atoms with Gasteiger partial charge >= 0.3 is 18.4 Å². The molecule has 2 rings (SSSR count). The zero-order chi connectivity index (χ0) is 19.9. The Hall–Kier alpha value is -3.43. The molecule has 10 heteroatoms. The largest absolute Gasteiger partial charge is 0.573 e. The second-order valence-corrected chi connectivity index (χ2v) is 5.27. The lowest BCUT2D eigenvalue weighted by Gasteiger charge is -2.12. The fraction of sp³-hybridized carbons (Fsp3) is 0.176. The van der Waals surface area contributed by atoms with Crippen molar-refractivity contribution in [2.45, 2.75) is 18.8 Å². The van der Waals surface area contributed by atoms with Crippen LogP contribution in [-0.4, -0.2) is 29.5 Å². The van der Waals surface area contributed by atoms with Crippen molar-refractivity contribution in [2.75, 3.05) is 0 Å². The molecule has 1 unspecified atom stereocenters. The van der Waals surface area contributed by atoms with Gasteiger partial charge in [0.1, 0.15) is 11.8 Å². The minimum Gasteiger partial charge on any atom is -0.480 e. The quantitative estimate of drug-likeness (QED) is 0.737. The number of nitrogens with one attached hydrogen (secondary N) is 1. The Balaban J connectivity index is 1.95. The smallest absolute Gasteiger partial charge is 0.480 e. The van der Waals surface area contributed by atoms with Gasteiger partial charge in [-0.2, -0.15) is 0 Å². The van der Waals surface area contributed by atoms with E-state index in [1.54, 1.807) is 30.3 Å². The number of nitrogens with zero attached hydrogens (tertiary/aromatic N) is 2. The lowest BCUT2D eigenvalue weighted by atomic mass is 10.1. The molecule has 0 saturated heterocycles. The summed E-state index contributed by atoms with van der Waals surface area (Å²) in [5.41, 5.74) is 0.803. The van der Waals surface area contributed by atoms with Crippen LogP contribution in [0.2, 0.25) is 0 Å². The fourth-order valence-electron chi connectivity index (χ4n) is 2.05. The van der Waals surface area contributed by atoms with E-state index in [0.29, 0.717) is 5.56 Å². The van der Waals surface area contributed by atoms with Gasteiger partial charge in [-0.3, -0.25) is 0 Å². The van der Waals surface area contributed by atoms with Crippen LogP contribution in [0.3, 0.4) is 0 Å². The van der Waals surface area contributed by atoms with E-state index in [4.69, 9.17) is 0 Å². The van der Waals surface area contributed by atoms with Crippen molar-refractivity contribution in [2.24, 2.45) is 10.2 Å². The summed E-state index contributed by atoms with van der Waals surface area (Å²) in [4.78, 5) is 23.0. The van der Waals surface area contributed by atoms with Crippen molar-refractivity contribution in [3.63, 3.8) is 0 Å². The molecule has 0 radical (unpaired) electrons. The Labute approximate surface area is 151 Å². The van der Waals surface area contributed by atoms with E-state index in [1.165, 1.54) is 0 Å². The number of hydrogen-bond donors (Lipinski definition) is 2. The first-order valence-electron chi connectivity index (χ1n) is 7.58. The number of azo groups is 1. The molecule has 2 amide bonds. The number of carbonyl (C=O) groups is 2. The maximum atomic E-state index is 12.1. The number of rotatable bonds is 6. The van der Waals surface area contributed by atoms with E-state index in [0.717, 1.165) is 24.3 Å². The second-order valence-electron chi connectivity index (χ2n) is 5.27. The number of alkyl halides is 3. The summed E-state index contributed by atoms with van der Waals surface area (Å²) in [7, 11) is 0. The monoisotopic (exact) mass is 381 g/mol. The van der Waals surface area contributed by atoms with Gasteiger partial charge in [-0.05, 0) is 29.8 Å². The zero-order valence-corrected chi connectivity index (χ0v) is 13.7. The molecule has 2 aromatic rings. The summed E-state index contributed by atoms with van der Waals surface area (Å²) in [6, 6.07) is 10.8. The number of ether oxygens (including phenoxy) is 1. The number of benzene rings is 2. The van der Waals surface area contributed by atoms with Crippen molar-refractivity contribution in [3.8, 4) is 5.75 Å². The third kappa shape index (κ3) is 7.14. The van der Waals surface area contributed by atoms with E-state index >= 15 is 0 Å². The molecular formula is C17H14F3N3O4. The first-order chi connectivity index (χ1) is 12.7. The van der Waals surface area contributed by atoms with Crippen LogP contribution in [0.25, 0.3) is 0 Å². The lowest BCUT2D eigenvalue weighted by molar-refractivity contribution is -0.274. The molecule has 0 aliphatic heterocycles. The molecule has 7 nitrogen and oxygen atoms in total. The number of carboxylic acid groups (broad SMARTS) is 1. The van der Waals surface area contributed by atoms with E-state index < -0.39 is 30.2 Å². The Kier molecular flexibility index (Phi) is 6.47. The molecule has 0 aromatic heterocycles. The third-order valence-corrected chi connectivity index (χ3v) is 3.21. The molecule has 2 N–H and O–H groups in total. The van der Waals surface area contributed by atoms with E-state index in [-0.39, 0.29) is 12.1 Å². The number of urea groups is 1. The number of amides is 2. The maximum Gasteiger partial charge on any atom is 0.573 e. The second kappa shape index (κ2) is 8.79. The van der Waals surface area contributed by atoms with E-state index in [9.17, 15) is 27.9 Å². The van der Waals surface area contributed by atoms with Crippen LogP contribution < -0.4 is 10.1 Å². The van der Waals surface area contributed by atoms with Gasteiger partial charge in [0.25, 0.3) is 0 Å². The molecule has 0 aliphatic carbocycles. The molecule has 2 aromatic carbocycles. The van der Waals surface area contributed by atoms with Crippen molar-refractivity contribution >= 4 is 17.7 Å². The van der Waals surface area contributed by atoms with Crippen molar-refractivity contribution in [3.05, 3.63) is 60.2 Å². The van der Waals surface area contributed by atoms with Gasteiger partial charge in [0.15, 0.2) is 0 Å². The van der Waals surface area contributed by atoms with Gasteiger partial charge in [-0.1, -0.05) is 35.4 Å². The van der Waals surface area contributed by atoms with Gasteiger partial charge in [0.05, 0.1) is 5.69 Å². The number of hydrogen-bond acceptors (Lipinski definition) is 4. The Morgan fingerprint density at radius 1 is 1.07 bits per heavy atom. The molecule has 1 atom stereocenters. The summed E-state index contributed by atoms with van der Waals surface area (Å²) in [5.74, 6) is -1.68. The number of carbonyl (C=O) groups excluding carboxylic acids is 1. The normalized spacial score (nSPS) is 12.6. The van der Waals surface area contributed by atoms with Crippen LogP contribution in [0.5, 0.6) is 5.75 Å². The van der Waals surface area contributed by atoms with Crippen LogP contribution in [0.1, 0.15) is 5.56 Å². The summed E-state index contributed by atoms with van der Waals surface area (Å²) in [5, 5.41) is 18.3. The molecular weight excluding hydrogens is 367 g/mol. The molecule has 0 heterocycles. The standard InChI is InChI=1S/C17H14F3N3O4/c18-17(19,20)27-13-8-6-12(7-9-13)22-23-16(26)21-14(15(24)25)10-11-4-2-1-3-5-11/h1-9,14H,10H2,(H,21,26)(H,24,25). The number of aliphatic carboxylic acids is 1. The molecule has 0 aliphatic rings. The van der Waals surface area contributed by atoms with Gasteiger partial charge in [0, 0.05) is 6.42 Å². The van der Waals surface area contributed by atoms with Crippen LogP contribution >= 0.6 is 0 Å². The molecule has 142 valence electrons. The fourth-order valence-corrected chi connectivity index (χ4v) is 2.05. The molecule has 0 saturated carbocycles. The van der Waals surface area contributed by atoms with Crippen molar-refractivity contribution in [1.82, 2.24) is 5.32 Å². The Morgan fingerprint density at radius 2 is 1.70 bits per heavy atom. The Morgan fingerprint density at radius 3 is 2.26 bits per heavy atom. The van der Waals surface area contributed by atoms with E-state index in [1.807, 2.05) is 0 Å². The highest BCUT2D eigenvalue weighted by Crippen LogP contribution is 2.24. The zero-order valence-electron chi connectivity index (χ0n) is 13.7. The van der Waals surface area contributed by atoms with Crippen LogP contribution in [0.15, 0.2) is 64.8 Å². The third-order valence-electron chi connectivity index (χ3n) is 3.21. The average molecular weight is 381 g/mol. The van der Waals surface area contributed by atoms with Gasteiger partial charge < -0.3 is 15.2 Å². The van der Waals surface area contributed by atoms with Gasteiger partial charge in [-0.15, -0.1) is 18.3 Å². The van der Waals surface area contributed by atoms with Crippen LogP contribution in [0, 0.1) is 0 Å². The van der Waals surface area contributed by atoms with Crippen molar-refractivity contribution in [1.29, 1.82) is 0 Å². The number of carboxylic acids is 1. The number of halogens is 3. The predicted molar refractivity (Wildman–Crippen MR) is 87.7 cm³/mol. The van der Waals surface area contributed by atoms with Gasteiger partial charge in [0.2, 0.25) is 0 Å². The molecule has 0 fully saturated rings. The summed E-state index contributed by atoms with van der Waals surface area (Å²) < 4.78 is 39.9. The summed E-state index contributed by atoms with van der Waals surface area (Å²) in [6.07, 6.45) is -4.76. The highest BCUT2D eigenvalue weighted by molar-refractivity contribution is 5.83. The molecule has 27 heavy (non-hydrogen) atoms. The minimum atomic E-state index is -4.81. The maximum absolute atomic E-state index is 12.1. The highest BCUT2D eigenvalue weighted by Gasteiger charge is 2.30.